The number of carbonyl (C=O) groups excluding carboxylic acids is 1. The van der Waals surface area contributed by atoms with Crippen LogP contribution in [0.3, 0.4) is 0 Å². The van der Waals surface area contributed by atoms with Gasteiger partial charge in [-0.25, -0.2) is 4.98 Å². The molecule has 0 saturated carbocycles. The monoisotopic (exact) mass is 337 g/mol. The fourth-order valence-corrected chi connectivity index (χ4v) is 2.93. The fourth-order valence-electron chi connectivity index (χ4n) is 1.86. The van der Waals surface area contributed by atoms with Gasteiger partial charge in [0, 0.05) is 5.02 Å². The van der Waals surface area contributed by atoms with Crippen LogP contribution in [0.25, 0.3) is 10.2 Å². The number of carbonyl (C=O) groups is 1. The molecule has 3 rings (SSSR count). The lowest BCUT2D eigenvalue weighted by Crippen LogP contribution is -2.10. The lowest BCUT2D eigenvalue weighted by atomic mass is 10.2. The van der Waals surface area contributed by atoms with E-state index < -0.39 is 16.7 Å². The molecule has 9 heteroatoms. The Kier molecular flexibility index (Phi) is 3.55. The molecular weight excluding hydrogens is 330 g/mol. The SMILES string of the molecule is Cc1c(Cl)ccc2sc(NC(=O)c3ccc([N+](=O)[O-])o3)nc12. The molecule has 1 N–H and O–H groups in total. The number of hydrogen-bond acceptors (Lipinski definition) is 6. The molecule has 0 spiro atoms. The smallest absolute Gasteiger partial charge is 0.395 e. The number of benzene rings is 1. The number of nitrogens with one attached hydrogen (secondary N) is 1. The normalized spacial score (nSPS) is 10.8. The summed E-state index contributed by atoms with van der Waals surface area (Å²) in [4.78, 5) is 26.1. The van der Waals surface area contributed by atoms with E-state index in [1.54, 1.807) is 6.07 Å². The Bertz CT molecular complexity index is 902. The second-order valence-corrected chi connectivity index (χ2v) is 5.83. The molecule has 3 aromatic rings. The van der Waals surface area contributed by atoms with Gasteiger partial charge in [0.1, 0.15) is 4.92 Å². The van der Waals surface area contributed by atoms with Gasteiger partial charge >= 0.3 is 5.88 Å². The number of hydrogen-bond donors (Lipinski definition) is 1. The number of anilines is 1. The standard InChI is InChI=1S/C13H8ClN3O4S/c1-6-7(14)2-4-9-11(6)15-13(22-9)16-12(18)8-3-5-10(21-8)17(19)20/h2-5H,1H3,(H,15,16,18). The Balaban J connectivity index is 1.87. The van der Waals surface area contributed by atoms with E-state index in [2.05, 4.69) is 10.3 Å². The van der Waals surface area contributed by atoms with Crippen LogP contribution in [0.1, 0.15) is 16.1 Å². The summed E-state index contributed by atoms with van der Waals surface area (Å²) in [6.45, 7) is 1.84. The molecule has 22 heavy (non-hydrogen) atoms. The van der Waals surface area contributed by atoms with Crippen molar-refractivity contribution < 1.29 is 14.1 Å². The van der Waals surface area contributed by atoms with Gasteiger partial charge in [0.05, 0.1) is 16.3 Å². The largest absolute Gasteiger partial charge is 0.433 e. The highest BCUT2D eigenvalue weighted by Crippen LogP contribution is 2.32. The molecule has 0 atom stereocenters. The van der Waals surface area contributed by atoms with Gasteiger partial charge < -0.3 is 4.42 Å². The average Bonchev–Trinajstić information content (AvgIpc) is 3.09. The first-order valence-electron chi connectivity index (χ1n) is 6.07. The minimum atomic E-state index is -0.709. The number of thiazole rings is 1. The summed E-state index contributed by atoms with van der Waals surface area (Å²) < 4.78 is 5.72. The molecule has 0 aliphatic rings. The maximum Gasteiger partial charge on any atom is 0.433 e. The Morgan fingerprint density at radius 3 is 2.86 bits per heavy atom. The van der Waals surface area contributed by atoms with E-state index in [-0.39, 0.29) is 5.76 Å². The van der Waals surface area contributed by atoms with Gasteiger partial charge in [0.15, 0.2) is 10.9 Å². The van der Waals surface area contributed by atoms with Crippen molar-refractivity contribution in [2.24, 2.45) is 0 Å². The maximum absolute atomic E-state index is 12.0. The number of aryl methyl sites for hydroxylation is 1. The zero-order valence-corrected chi connectivity index (χ0v) is 12.7. The third kappa shape index (κ3) is 2.53. The molecule has 0 aliphatic carbocycles. The number of aromatic nitrogens is 1. The van der Waals surface area contributed by atoms with Gasteiger partial charge in [0.25, 0.3) is 5.91 Å². The van der Waals surface area contributed by atoms with Crippen molar-refractivity contribution in [1.29, 1.82) is 0 Å². The Hall–Kier alpha value is -2.45. The van der Waals surface area contributed by atoms with E-state index in [9.17, 15) is 14.9 Å². The topological polar surface area (TPSA) is 98.3 Å². The summed E-state index contributed by atoms with van der Waals surface area (Å²) in [5.74, 6) is -1.24. The van der Waals surface area contributed by atoms with Gasteiger partial charge in [-0.05, 0) is 30.7 Å². The van der Waals surface area contributed by atoms with Crippen LogP contribution in [0, 0.1) is 17.0 Å². The van der Waals surface area contributed by atoms with Crippen molar-refractivity contribution in [2.75, 3.05) is 5.32 Å². The Labute approximate surface area is 132 Å². The van der Waals surface area contributed by atoms with Crippen LogP contribution in [-0.2, 0) is 0 Å². The molecule has 112 valence electrons. The quantitative estimate of drug-likeness (QED) is 0.575. The zero-order chi connectivity index (χ0) is 15.9. The Morgan fingerprint density at radius 1 is 1.41 bits per heavy atom. The summed E-state index contributed by atoms with van der Waals surface area (Å²) in [6, 6.07) is 5.94. The number of nitro groups is 1. The highest BCUT2D eigenvalue weighted by Gasteiger charge is 2.18. The van der Waals surface area contributed by atoms with Crippen LogP contribution in [0.5, 0.6) is 0 Å². The van der Waals surface area contributed by atoms with Crippen LogP contribution in [-0.4, -0.2) is 15.8 Å². The van der Waals surface area contributed by atoms with Crippen LogP contribution in [0.15, 0.2) is 28.7 Å². The molecule has 0 fully saturated rings. The van der Waals surface area contributed by atoms with E-state index in [1.165, 1.54) is 17.4 Å². The zero-order valence-electron chi connectivity index (χ0n) is 11.1. The van der Waals surface area contributed by atoms with Crippen molar-refractivity contribution in [3.05, 3.63) is 50.7 Å². The number of fused-ring (bicyclic) bond motifs is 1. The molecule has 0 aliphatic heterocycles. The van der Waals surface area contributed by atoms with E-state index in [0.29, 0.717) is 15.7 Å². The average molecular weight is 338 g/mol. The minimum Gasteiger partial charge on any atom is -0.395 e. The molecule has 2 heterocycles. The summed E-state index contributed by atoms with van der Waals surface area (Å²) in [7, 11) is 0. The van der Waals surface area contributed by atoms with Gasteiger partial charge in [-0.2, -0.15) is 0 Å². The summed E-state index contributed by atoms with van der Waals surface area (Å²) >= 11 is 7.31. The van der Waals surface area contributed by atoms with Gasteiger partial charge in [-0.3, -0.25) is 20.2 Å². The second-order valence-electron chi connectivity index (χ2n) is 4.39. The third-order valence-electron chi connectivity index (χ3n) is 2.96. The van der Waals surface area contributed by atoms with E-state index >= 15 is 0 Å². The van der Waals surface area contributed by atoms with Crippen molar-refractivity contribution in [3.63, 3.8) is 0 Å². The van der Waals surface area contributed by atoms with E-state index in [4.69, 9.17) is 16.0 Å². The van der Waals surface area contributed by atoms with Crippen LogP contribution in [0.4, 0.5) is 11.0 Å². The molecule has 0 saturated heterocycles. The molecule has 7 nitrogen and oxygen atoms in total. The first-order chi connectivity index (χ1) is 10.5. The maximum atomic E-state index is 12.0. The number of rotatable bonds is 3. The van der Waals surface area contributed by atoms with Crippen molar-refractivity contribution in [2.45, 2.75) is 6.92 Å². The first-order valence-corrected chi connectivity index (χ1v) is 7.26. The van der Waals surface area contributed by atoms with Crippen LogP contribution >= 0.6 is 22.9 Å². The number of nitrogens with zero attached hydrogens (tertiary/aromatic N) is 2. The van der Waals surface area contributed by atoms with E-state index in [0.717, 1.165) is 16.3 Å². The minimum absolute atomic E-state index is 0.152. The molecule has 1 aromatic carbocycles. The van der Waals surface area contributed by atoms with Crippen LogP contribution in [0.2, 0.25) is 5.02 Å². The highest BCUT2D eigenvalue weighted by molar-refractivity contribution is 7.22. The van der Waals surface area contributed by atoms with Crippen molar-refractivity contribution >= 4 is 50.1 Å². The van der Waals surface area contributed by atoms with Crippen molar-refractivity contribution in [1.82, 2.24) is 4.98 Å². The summed E-state index contributed by atoms with van der Waals surface area (Å²) in [5, 5.41) is 14.1. The summed E-state index contributed by atoms with van der Waals surface area (Å²) in [6.07, 6.45) is 0. The predicted octanol–water partition coefficient (Wildman–Crippen LogP) is 4.01. The van der Waals surface area contributed by atoms with Crippen molar-refractivity contribution in [3.8, 4) is 0 Å². The first kappa shape index (κ1) is 14.5. The molecule has 0 bridgehead atoms. The van der Waals surface area contributed by atoms with Crippen LogP contribution < -0.4 is 5.32 Å². The lowest BCUT2D eigenvalue weighted by molar-refractivity contribution is -0.402. The molecule has 0 radical (unpaired) electrons. The molecule has 1 amide bonds. The van der Waals surface area contributed by atoms with Gasteiger partial charge in [0.2, 0.25) is 0 Å². The number of furan rings is 1. The van der Waals surface area contributed by atoms with E-state index in [1.807, 2.05) is 13.0 Å². The van der Waals surface area contributed by atoms with Gasteiger partial charge in [-0.15, -0.1) is 0 Å². The highest BCUT2D eigenvalue weighted by atomic mass is 35.5. The molecular formula is C13H8ClN3O4S. The molecule has 0 unspecified atom stereocenters. The number of amides is 1. The Morgan fingerprint density at radius 2 is 2.18 bits per heavy atom. The molecule has 2 aromatic heterocycles. The number of halogens is 1. The lowest BCUT2D eigenvalue weighted by Gasteiger charge is -1.97. The predicted molar refractivity (Wildman–Crippen MR) is 82.7 cm³/mol. The second kappa shape index (κ2) is 5.39. The summed E-state index contributed by atoms with van der Waals surface area (Å²) in [5.41, 5.74) is 1.53. The van der Waals surface area contributed by atoms with Gasteiger partial charge in [-0.1, -0.05) is 22.9 Å². The fraction of sp³-hybridized carbons (Fsp3) is 0.0769. The third-order valence-corrected chi connectivity index (χ3v) is 4.31.